The Bertz CT molecular complexity index is 1720. The first-order valence-electron chi connectivity index (χ1n) is 14.2. The van der Waals surface area contributed by atoms with Crippen molar-refractivity contribution in [3.63, 3.8) is 0 Å². The second-order valence-corrected chi connectivity index (χ2v) is 11.4. The fourth-order valence-electron chi connectivity index (χ4n) is 5.73. The molecule has 0 saturated carbocycles. The number of ether oxygens (including phenoxy) is 1. The maximum absolute atomic E-state index is 15.2. The van der Waals surface area contributed by atoms with Gasteiger partial charge in [0, 0.05) is 58.3 Å². The maximum atomic E-state index is 15.2. The lowest BCUT2D eigenvalue weighted by Gasteiger charge is -2.35. The van der Waals surface area contributed by atoms with Gasteiger partial charge in [-0.05, 0) is 69.4 Å². The van der Waals surface area contributed by atoms with Crippen LogP contribution in [0.25, 0.3) is 11.3 Å². The quantitative estimate of drug-likeness (QED) is 0.256. The highest BCUT2D eigenvalue weighted by molar-refractivity contribution is 6.31. The van der Waals surface area contributed by atoms with Gasteiger partial charge < -0.3 is 19.9 Å². The number of fused-ring (bicyclic) bond motifs is 3. The molecule has 228 valence electrons. The molecule has 0 spiro atoms. The van der Waals surface area contributed by atoms with Gasteiger partial charge in [0.2, 0.25) is 5.95 Å². The van der Waals surface area contributed by atoms with Gasteiger partial charge in [0.15, 0.2) is 0 Å². The summed E-state index contributed by atoms with van der Waals surface area (Å²) in [6.07, 6.45) is 3.64. The molecule has 44 heavy (non-hydrogen) atoms. The molecule has 0 atom stereocenters. The molecule has 1 aromatic heterocycles. The molecule has 1 N–H and O–H groups in total. The first-order valence-corrected chi connectivity index (χ1v) is 14.6. The molecule has 0 bridgehead atoms. The highest BCUT2D eigenvalue weighted by atomic mass is 35.5. The lowest BCUT2D eigenvalue weighted by molar-refractivity contribution is 0.0663. The Labute approximate surface area is 262 Å². The predicted octanol–water partition coefficient (Wildman–Crippen LogP) is 6.84. The van der Waals surface area contributed by atoms with E-state index in [-0.39, 0.29) is 25.4 Å². The van der Waals surface area contributed by atoms with E-state index in [1.807, 2.05) is 35.2 Å². The molecule has 0 radical (unpaired) electrons. The molecular formula is C34H36ClFN6O2. The van der Waals surface area contributed by atoms with Gasteiger partial charge in [-0.15, -0.1) is 0 Å². The Morgan fingerprint density at radius 1 is 1.07 bits per heavy atom. The molecule has 1 fully saturated rings. The molecule has 0 aliphatic carbocycles. The number of hydrogen-bond acceptors (Lipinski definition) is 7. The van der Waals surface area contributed by atoms with Crippen molar-refractivity contribution in [1.29, 1.82) is 0 Å². The SMILES string of the molecule is C.COc1cccc(F)c1C1=NCc2cnc(Nc3cccc(C(=O)N4CCC(N(C)C)CC4)c3)nc2-c2ccc(Cl)cc21. The first kappa shape index (κ1) is 31.1. The number of aromatic nitrogens is 2. The third-order valence-corrected chi connectivity index (χ3v) is 8.28. The van der Waals surface area contributed by atoms with Gasteiger partial charge in [-0.3, -0.25) is 9.79 Å². The molecule has 0 unspecified atom stereocenters. The third-order valence-electron chi connectivity index (χ3n) is 8.04. The Morgan fingerprint density at radius 3 is 2.59 bits per heavy atom. The van der Waals surface area contributed by atoms with Crippen LogP contribution in [0.5, 0.6) is 5.75 Å². The molecule has 10 heteroatoms. The topological polar surface area (TPSA) is 83.0 Å². The number of carbonyl (C=O) groups excluding carboxylic acids is 1. The van der Waals surface area contributed by atoms with E-state index in [2.05, 4.69) is 29.3 Å². The van der Waals surface area contributed by atoms with Crippen LogP contribution in [0.2, 0.25) is 5.02 Å². The number of hydrogen-bond donors (Lipinski definition) is 1. The van der Waals surface area contributed by atoms with Gasteiger partial charge in [0.1, 0.15) is 11.6 Å². The average Bonchev–Trinajstić information content (AvgIpc) is 3.17. The number of halogens is 2. The zero-order valence-electron chi connectivity index (χ0n) is 24.3. The Balaban J connectivity index is 0.00000384. The number of methoxy groups -OCH3 is 1. The summed E-state index contributed by atoms with van der Waals surface area (Å²) in [5.41, 5.74) is 4.84. The monoisotopic (exact) mass is 614 g/mol. The van der Waals surface area contributed by atoms with Crippen molar-refractivity contribution in [2.24, 2.45) is 4.99 Å². The van der Waals surface area contributed by atoms with E-state index in [1.54, 1.807) is 30.5 Å². The molecule has 1 saturated heterocycles. The molecule has 1 amide bonds. The number of nitrogens with one attached hydrogen (secondary N) is 1. The summed E-state index contributed by atoms with van der Waals surface area (Å²) < 4.78 is 20.7. The van der Waals surface area contributed by atoms with Crippen molar-refractivity contribution >= 4 is 34.9 Å². The summed E-state index contributed by atoms with van der Waals surface area (Å²) >= 11 is 6.42. The summed E-state index contributed by atoms with van der Waals surface area (Å²) in [7, 11) is 5.67. The standard InChI is InChI=1S/C33H32ClFN6O2.CH4/c1-40(2)24-12-14-41(15-13-24)32(42)20-6-4-7-23(16-20)38-33-37-19-21-18-36-31(29-27(35)8-5-9-28(29)43-3)26-17-22(34)10-11-25(26)30(21)39-33;/h4-11,16-17,19,24H,12-15,18H2,1-3H3,(H,37,38,39);1H4. The largest absolute Gasteiger partial charge is 0.496 e. The van der Waals surface area contributed by atoms with E-state index in [4.69, 9.17) is 26.3 Å². The average molecular weight is 615 g/mol. The molecule has 2 aliphatic heterocycles. The minimum Gasteiger partial charge on any atom is -0.496 e. The molecule has 2 aliphatic rings. The zero-order valence-corrected chi connectivity index (χ0v) is 25.0. The number of likely N-dealkylation sites (tertiary alicyclic amines) is 1. The van der Waals surface area contributed by atoms with Crippen LogP contribution in [-0.2, 0) is 6.54 Å². The number of aliphatic imine (C=N–C) groups is 1. The first-order chi connectivity index (χ1) is 20.8. The molecule has 4 aromatic rings. The van der Waals surface area contributed by atoms with Crippen LogP contribution in [0.15, 0.2) is 71.9 Å². The summed E-state index contributed by atoms with van der Waals surface area (Å²) in [4.78, 5) is 31.6. The fourth-order valence-corrected chi connectivity index (χ4v) is 5.90. The van der Waals surface area contributed by atoms with E-state index < -0.39 is 5.82 Å². The maximum Gasteiger partial charge on any atom is 0.253 e. The number of carbonyl (C=O) groups is 1. The minimum atomic E-state index is -0.445. The molecule has 3 aromatic carbocycles. The summed E-state index contributed by atoms with van der Waals surface area (Å²) in [5, 5.41) is 3.75. The molecule has 6 rings (SSSR count). The second-order valence-electron chi connectivity index (χ2n) is 10.9. The summed E-state index contributed by atoms with van der Waals surface area (Å²) in [6.45, 7) is 1.71. The third kappa shape index (κ3) is 6.16. The van der Waals surface area contributed by atoms with Crippen molar-refractivity contribution in [3.05, 3.63) is 100.0 Å². The van der Waals surface area contributed by atoms with Crippen molar-refractivity contribution in [2.75, 3.05) is 39.6 Å². The van der Waals surface area contributed by atoms with Crippen LogP contribution < -0.4 is 10.1 Å². The van der Waals surface area contributed by atoms with Gasteiger partial charge >= 0.3 is 0 Å². The fraction of sp³-hybridized carbons (Fsp3) is 0.294. The van der Waals surface area contributed by atoms with Gasteiger partial charge in [0.25, 0.3) is 5.91 Å². The van der Waals surface area contributed by atoms with Crippen LogP contribution in [0.1, 0.15) is 47.3 Å². The van der Waals surface area contributed by atoms with Crippen LogP contribution in [0.3, 0.4) is 0 Å². The Morgan fingerprint density at radius 2 is 1.84 bits per heavy atom. The van der Waals surface area contributed by atoms with Crippen molar-refractivity contribution in [1.82, 2.24) is 19.8 Å². The number of rotatable bonds is 6. The van der Waals surface area contributed by atoms with E-state index in [0.29, 0.717) is 51.0 Å². The van der Waals surface area contributed by atoms with Crippen molar-refractivity contribution in [3.8, 4) is 17.0 Å². The summed E-state index contributed by atoms with van der Waals surface area (Å²) in [6, 6.07) is 18.0. The highest BCUT2D eigenvalue weighted by Crippen LogP contribution is 2.36. The minimum absolute atomic E-state index is 0. The van der Waals surface area contributed by atoms with Gasteiger partial charge in [0.05, 0.1) is 30.6 Å². The Hall–Kier alpha value is -4.34. The lowest BCUT2D eigenvalue weighted by atomic mass is 9.94. The summed E-state index contributed by atoms with van der Waals surface area (Å²) in [5.74, 6) is 0.311. The van der Waals surface area contributed by atoms with Crippen LogP contribution in [-0.4, -0.2) is 71.7 Å². The van der Waals surface area contributed by atoms with E-state index >= 15 is 4.39 Å². The van der Waals surface area contributed by atoms with Crippen LogP contribution in [0, 0.1) is 5.82 Å². The zero-order chi connectivity index (χ0) is 30.1. The van der Waals surface area contributed by atoms with Crippen molar-refractivity contribution < 1.29 is 13.9 Å². The predicted molar refractivity (Wildman–Crippen MR) is 174 cm³/mol. The van der Waals surface area contributed by atoms with Gasteiger partial charge in [-0.2, -0.15) is 0 Å². The highest BCUT2D eigenvalue weighted by Gasteiger charge is 2.27. The smallest absolute Gasteiger partial charge is 0.253 e. The van der Waals surface area contributed by atoms with Crippen molar-refractivity contribution in [2.45, 2.75) is 32.9 Å². The second kappa shape index (κ2) is 13.1. The van der Waals surface area contributed by atoms with Gasteiger partial charge in [-0.1, -0.05) is 37.2 Å². The van der Waals surface area contributed by atoms with E-state index in [9.17, 15) is 4.79 Å². The van der Waals surface area contributed by atoms with Crippen LogP contribution >= 0.6 is 11.6 Å². The van der Waals surface area contributed by atoms with Gasteiger partial charge in [-0.25, -0.2) is 14.4 Å². The molecule has 3 heterocycles. The number of anilines is 2. The van der Waals surface area contributed by atoms with E-state index in [1.165, 1.54) is 13.2 Å². The molecule has 8 nitrogen and oxygen atoms in total. The lowest BCUT2D eigenvalue weighted by Crippen LogP contribution is -2.44. The molecular weight excluding hydrogens is 579 g/mol. The van der Waals surface area contributed by atoms with Crippen LogP contribution in [0.4, 0.5) is 16.0 Å². The Kier molecular flexibility index (Phi) is 9.27. The number of nitrogens with zero attached hydrogens (tertiary/aromatic N) is 5. The number of amides is 1. The normalized spacial score (nSPS) is 14.6. The number of benzene rings is 3. The number of piperidine rings is 1. The van der Waals surface area contributed by atoms with E-state index in [0.717, 1.165) is 37.1 Å².